The van der Waals surface area contributed by atoms with E-state index in [9.17, 15) is 9.18 Å². The molecule has 4 nitrogen and oxygen atoms in total. The second-order valence-corrected chi connectivity index (χ2v) is 6.18. The summed E-state index contributed by atoms with van der Waals surface area (Å²) in [6, 6.07) is 13.7. The van der Waals surface area contributed by atoms with Crippen molar-refractivity contribution in [2.24, 2.45) is 0 Å². The van der Waals surface area contributed by atoms with Crippen molar-refractivity contribution in [1.29, 1.82) is 0 Å². The van der Waals surface area contributed by atoms with Gasteiger partial charge in [-0.3, -0.25) is 4.79 Å². The molecule has 0 aliphatic heterocycles. The maximum absolute atomic E-state index is 13.1. The van der Waals surface area contributed by atoms with Gasteiger partial charge in [0.25, 0.3) is 0 Å². The molecule has 0 aromatic heterocycles. The Balaban J connectivity index is 0.00000114. The molecule has 0 aliphatic rings. The molecule has 2 N–H and O–H groups in total. The molecule has 2 aromatic carbocycles. The zero-order chi connectivity index (χ0) is 20.1. The van der Waals surface area contributed by atoms with Gasteiger partial charge in [-0.05, 0) is 42.3 Å². The van der Waals surface area contributed by atoms with E-state index in [0.717, 1.165) is 16.8 Å². The van der Waals surface area contributed by atoms with Crippen molar-refractivity contribution < 1.29 is 13.9 Å². The smallest absolute Gasteiger partial charge is 0.239 e. The van der Waals surface area contributed by atoms with Gasteiger partial charge >= 0.3 is 0 Å². The first-order valence-electron chi connectivity index (χ1n) is 9.06. The van der Waals surface area contributed by atoms with Crippen molar-refractivity contribution in [3.05, 3.63) is 77.8 Å². The topological polar surface area (TPSA) is 50.4 Å². The summed E-state index contributed by atoms with van der Waals surface area (Å²) >= 11 is 0. The lowest BCUT2D eigenvalue weighted by atomic mass is 10.2. The monoisotopic (exact) mass is 372 g/mol. The molecule has 0 atom stereocenters. The maximum Gasteiger partial charge on any atom is 0.239 e. The first-order chi connectivity index (χ1) is 12.9. The Kier molecular flexibility index (Phi) is 10.3. The highest BCUT2D eigenvalue weighted by atomic mass is 19.1. The lowest BCUT2D eigenvalue weighted by Gasteiger charge is -2.09. The molecular formula is C22H29FN2O2. The SMILES string of the molecule is C=C(C)NCC(=O)NCc1ccc(OCc2cccc(F)c2)cc1.CCC. The van der Waals surface area contributed by atoms with Gasteiger partial charge in [-0.2, -0.15) is 0 Å². The van der Waals surface area contributed by atoms with Crippen molar-refractivity contribution in [3.63, 3.8) is 0 Å². The van der Waals surface area contributed by atoms with Gasteiger partial charge in [0.2, 0.25) is 5.91 Å². The minimum absolute atomic E-state index is 0.0931. The van der Waals surface area contributed by atoms with Crippen LogP contribution in [0.4, 0.5) is 4.39 Å². The molecule has 5 heteroatoms. The molecule has 0 spiro atoms. The fourth-order valence-corrected chi connectivity index (χ4v) is 1.99. The van der Waals surface area contributed by atoms with Crippen LogP contribution in [0.15, 0.2) is 60.8 Å². The van der Waals surface area contributed by atoms with E-state index >= 15 is 0 Å². The largest absolute Gasteiger partial charge is 0.489 e. The van der Waals surface area contributed by atoms with E-state index in [2.05, 4.69) is 31.1 Å². The van der Waals surface area contributed by atoms with E-state index in [4.69, 9.17) is 4.74 Å². The lowest BCUT2D eigenvalue weighted by molar-refractivity contribution is -0.120. The fourth-order valence-electron chi connectivity index (χ4n) is 1.99. The Hall–Kier alpha value is -2.82. The van der Waals surface area contributed by atoms with Crippen molar-refractivity contribution in [2.75, 3.05) is 6.54 Å². The average Bonchev–Trinajstić information content (AvgIpc) is 2.64. The third-order valence-corrected chi connectivity index (χ3v) is 3.26. The molecule has 146 valence electrons. The molecule has 0 unspecified atom stereocenters. The Bertz CT molecular complexity index is 715. The number of allylic oxidation sites excluding steroid dienone is 1. The van der Waals surface area contributed by atoms with Crippen molar-refractivity contribution >= 4 is 5.91 Å². The molecule has 0 fully saturated rings. The number of hydrogen-bond donors (Lipinski definition) is 2. The van der Waals surface area contributed by atoms with Gasteiger partial charge in [0.05, 0.1) is 6.54 Å². The molecular weight excluding hydrogens is 343 g/mol. The van der Waals surface area contributed by atoms with Gasteiger partial charge in [-0.25, -0.2) is 4.39 Å². The summed E-state index contributed by atoms with van der Waals surface area (Å²) in [6.07, 6.45) is 1.25. The molecule has 0 saturated heterocycles. The van der Waals surface area contributed by atoms with E-state index in [1.165, 1.54) is 18.6 Å². The summed E-state index contributed by atoms with van der Waals surface area (Å²) in [6.45, 7) is 10.7. The highest BCUT2D eigenvalue weighted by molar-refractivity contribution is 5.78. The Labute approximate surface area is 161 Å². The van der Waals surface area contributed by atoms with Gasteiger partial charge in [0.1, 0.15) is 18.2 Å². The molecule has 27 heavy (non-hydrogen) atoms. The standard InChI is InChI=1S/C19H21FN2O2.C3H8/c1-14(2)21-12-19(23)22-11-15-6-8-18(9-7-15)24-13-16-4-3-5-17(20)10-16;1-3-2/h3-10,21H,1,11-13H2,2H3,(H,22,23);3H2,1-2H3. The van der Waals surface area contributed by atoms with Gasteiger partial charge in [-0.15, -0.1) is 0 Å². The highest BCUT2D eigenvalue weighted by Crippen LogP contribution is 2.14. The van der Waals surface area contributed by atoms with Gasteiger partial charge < -0.3 is 15.4 Å². The molecule has 0 bridgehead atoms. The van der Waals surface area contributed by atoms with Crippen LogP contribution in [0, 0.1) is 5.82 Å². The number of hydrogen-bond acceptors (Lipinski definition) is 3. The zero-order valence-electron chi connectivity index (χ0n) is 16.3. The number of amides is 1. The predicted octanol–water partition coefficient (Wildman–Crippen LogP) is 4.56. The van der Waals surface area contributed by atoms with Gasteiger partial charge in [-0.1, -0.05) is 51.1 Å². The molecule has 0 heterocycles. The first-order valence-corrected chi connectivity index (χ1v) is 9.06. The summed E-state index contributed by atoms with van der Waals surface area (Å²) in [5.41, 5.74) is 2.50. The fraction of sp³-hybridized carbons (Fsp3) is 0.318. The normalized spacial score (nSPS) is 9.63. The van der Waals surface area contributed by atoms with E-state index in [-0.39, 0.29) is 18.3 Å². The van der Waals surface area contributed by atoms with Crippen molar-refractivity contribution in [3.8, 4) is 5.75 Å². The summed E-state index contributed by atoms with van der Waals surface area (Å²) in [5.74, 6) is 0.325. The van der Waals surface area contributed by atoms with Crippen LogP contribution < -0.4 is 15.4 Å². The maximum atomic E-state index is 13.1. The molecule has 0 aliphatic carbocycles. The zero-order valence-corrected chi connectivity index (χ0v) is 16.3. The number of carbonyl (C=O) groups is 1. The van der Waals surface area contributed by atoms with Gasteiger partial charge in [0, 0.05) is 12.2 Å². The summed E-state index contributed by atoms with van der Waals surface area (Å²) < 4.78 is 18.7. The molecule has 0 radical (unpaired) electrons. The first kappa shape index (κ1) is 22.2. The quantitative estimate of drug-likeness (QED) is 0.714. The second kappa shape index (κ2) is 12.5. The number of nitrogens with one attached hydrogen (secondary N) is 2. The highest BCUT2D eigenvalue weighted by Gasteiger charge is 2.02. The summed E-state index contributed by atoms with van der Waals surface area (Å²) in [7, 11) is 0. The van der Waals surface area contributed by atoms with E-state index < -0.39 is 0 Å². The van der Waals surface area contributed by atoms with Crippen LogP contribution in [-0.4, -0.2) is 12.5 Å². The third kappa shape index (κ3) is 10.0. The van der Waals surface area contributed by atoms with Crippen LogP contribution in [-0.2, 0) is 17.9 Å². The third-order valence-electron chi connectivity index (χ3n) is 3.26. The van der Waals surface area contributed by atoms with Crippen LogP contribution in [0.25, 0.3) is 0 Å². The van der Waals surface area contributed by atoms with Crippen molar-refractivity contribution in [2.45, 2.75) is 40.3 Å². The van der Waals surface area contributed by atoms with Crippen LogP contribution >= 0.6 is 0 Å². The Morgan fingerprint density at radius 2 is 1.74 bits per heavy atom. The predicted molar refractivity (Wildman–Crippen MR) is 108 cm³/mol. The van der Waals surface area contributed by atoms with Crippen molar-refractivity contribution in [1.82, 2.24) is 10.6 Å². The minimum atomic E-state index is -0.275. The van der Waals surface area contributed by atoms with E-state index in [1.54, 1.807) is 13.0 Å². The average molecular weight is 372 g/mol. The summed E-state index contributed by atoms with van der Waals surface area (Å²) in [5, 5.41) is 5.69. The number of halogens is 1. The van der Waals surface area contributed by atoms with Crippen LogP contribution in [0.2, 0.25) is 0 Å². The molecule has 1 amide bonds. The Morgan fingerprint density at radius 1 is 1.07 bits per heavy atom. The second-order valence-electron chi connectivity index (χ2n) is 6.18. The lowest BCUT2D eigenvalue weighted by Crippen LogP contribution is -2.32. The molecule has 2 aromatic rings. The number of benzene rings is 2. The Morgan fingerprint density at radius 3 is 2.33 bits per heavy atom. The number of carbonyl (C=O) groups excluding carboxylic acids is 1. The van der Waals surface area contributed by atoms with E-state index in [0.29, 0.717) is 18.9 Å². The number of ether oxygens (including phenoxy) is 1. The minimum Gasteiger partial charge on any atom is -0.489 e. The summed E-state index contributed by atoms with van der Waals surface area (Å²) in [4.78, 5) is 11.6. The van der Waals surface area contributed by atoms with Crippen LogP contribution in [0.1, 0.15) is 38.3 Å². The van der Waals surface area contributed by atoms with E-state index in [1.807, 2.05) is 30.3 Å². The van der Waals surface area contributed by atoms with Crippen LogP contribution in [0.5, 0.6) is 5.75 Å². The van der Waals surface area contributed by atoms with Crippen LogP contribution in [0.3, 0.4) is 0 Å². The van der Waals surface area contributed by atoms with Gasteiger partial charge in [0.15, 0.2) is 0 Å². The number of rotatable bonds is 8. The molecule has 0 saturated carbocycles. The molecule has 2 rings (SSSR count).